The number of oxime groups is 1. The number of β-lactam (4-membered cyclic amide) rings is 1. The Morgan fingerprint density at radius 3 is 2.82 bits per heavy atom. The first kappa shape index (κ1) is 23.3. The summed E-state index contributed by atoms with van der Waals surface area (Å²) in [5.74, 6) is 0.444. The fourth-order valence-corrected chi connectivity index (χ4v) is 5.37. The van der Waals surface area contributed by atoms with Crippen LogP contribution >= 0.6 is 23.1 Å². The van der Waals surface area contributed by atoms with Crippen LogP contribution in [0.4, 0.5) is 5.13 Å². The number of amides is 2. The molecule has 11 nitrogen and oxygen atoms in total. The molecule has 34 heavy (non-hydrogen) atoms. The van der Waals surface area contributed by atoms with E-state index in [-0.39, 0.29) is 22.2 Å². The summed E-state index contributed by atoms with van der Waals surface area (Å²) in [6.07, 6.45) is 5.90. The highest BCUT2D eigenvalue weighted by molar-refractivity contribution is 8.00. The molecule has 2 aromatic rings. The van der Waals surface area contributed by atoms with E-state index < -0.39 is 29.2 Å². The van der Waals surface area contributed by atoms with Crippen molar-refractivity contribution in [2.75, 3.05) is 11.5 Å². The van der Waals surface area contributed by atoms with Crippen LogP contribution in [-0.4, -0.2) is 55.7 Å². The normalized spacial score (nSPS) is 19.5. The van der Waals surface area contributed by atoms with Crippen LogP contribution in [0, 0.1) is 12.0 Å². The predicted molar refractivity (Wildman–Crippen MR) is 124 cm³/mol. The first-order valence-electron chi connectivity index (χ1n) is 9.92. The van der Waals surface area contributed by atoms with E-state index in [4.69, 9.17) is 10.6 Å². The van der Waals surface area contributed by atoms with Crippen LogP contribution in [0.2, 0.25) is 0 Å². The van der Waals surface area contributed by atoms with Crippen molar-refractivity contribution in [2.45, 2.75) is 24.9 Å². The summed E-state index contributed by atoms with van der Waals surface area (Å²) in [6.45, 7) is 1.87. The predicted octanol–water partition coefficient (Wildman–Crippen LogP) is 0.153. The maximum absolute atomic E-state index is 12.9. The monoisotopic (exact) mass is 499 g/mol. The number of anilines is 1. The number of hydrogen-bond acceptors (Lipinski definition) is 9. The van der Waals surface area contributed by atoms with Gasteiger partial charge in [-0.25, -0.2) is 14.3 Å². The Bertz CT molecular complexity index is 1260. The molecule has 0 radical (unpaired) electrons. The topological polar surface area (TPSA) is 151 Å². The molecule has 2 aliphatic heterocycles. The molecule has 1 fully saturated rings. The van der Waals surface area contributed by atoms with E-state index in [0.29, 0.717) is 17.9 Å². The van der Waals surface area contributed by atoms with Crippen molar-refractivity contribution in [3.05, 3.63) is 52.9 Å². The molecule has 0 spiro atoms. The van der Waals surface area contributed by atoms with Gasteiger partial charge in [0, 0.05) is 35.8 Å². The lowest BCUT2D eigenvalue weighted by Gasteiger charge is -2.49. The average Bonchev–Trinajstić information content (AvgIpc) is 3.26. The Balaban J connectivity index is 1.54. The first-order chi connectivity index (χ1) is 16.4. The van der Waals surface area contributed by atoms with Crippen LogP contribution in [0.5, 0.6) is 0 Å². The molecule has 0 aliphatic carbocycles. The first-order valence-corrected chi connectivity index (χ1v) is 11.9. The van der Waals surface area contributed by atoms with Gasteiger partial charge in [0.25, 0.3) is 11.8 Å². The number of thioether (sulfide) groups is 1. The zero-order valence-corrected chi connectivity index (χ0v) is 19.4. The number of fused-ring (bicyclic) bond motifs is 1. The van der Waals surface area contributed by atoms with E-state index in [1.54, 1.807) is 0 Å². The summed E-state index contributed by atoms with van der Waals surface area (Å²) < 4.78 is 1.84. The minimum Gasteiger partial charge on any atom is -0.477 e. The number of nitrogen functional groups attached to an aromatic ring is 1. The van der Waals surface area contributed by atoms with Crippen LogP contribution in [-0.2, 0) is 25.8 Å². The molecule has 0 bridgehead atoms. The Morgan fingerprint density at radius 1 is 1.41 bits per heavy atom. The number of aliphatic carboxylic acids is 1. The molecule has 0 saturated carbocycles. The second kappa shape index (κ2) is 9.94. The fourth-order valence-electron chi connectivity index (χ4n) is 3.49. The molecule has 0 aromatic carbocycles. The number of rotatable bonds is 7. The number of nitrogens with zero attached hydrogens (tertiary/aromatic N) is 4. The highest BCUT2D eigenvalue weighted by atomic mass is 32.2. The number of pyridine rings is 1. The van der Waals surface area contributed by atoms with Gasteiger partial charge in [0.2, 0.25) is 0 Å². The molecule has 2 aliphatic rings. The number of carboxylic acid groups (broad SMARTS) is 1. The van der Waals surface area contributed by atoms with Gasteiger partial charge < -0.3 is 21.0 Å². The number of hydrogen-bond donors (Lipinski definition) is 3. The highest BCUT2D eigenvalue weighted by Gasteiger charge is 2.54. The Morgan fingerprint density at radius 2 is 2.18 bits per heavy atom. The van der Waals surface area contributed by atoms with Gasteiger partial charge in [0.15, 0.2) is 29.8 Å². The van der Waals surface area contributed by atoms with Crippen molar-refractivity contribution < 1.29 is 28.9 Å². The van der Waals surface area contributed by atoms with E-state index in [9.17, 15) is 19.5 Å². The van der Waals surface area contributed by atoms with Crippen molar-refractivity contribution in [2.24, 2.45) is 5.16 Å². The van der Waals surface area contributed by atoms with E-state index in [1.165, 1.54) is 29.0 Å². The Hall–Kier alpha value is -3.89. The summed E-state index contributed by atoms with van der Waals surface area (Å²) in [4.78, 5) is 48.0. The quantitative estimate of drug-likeness (QED) is 0.160. The third-order valence-corrected chi connectivity index (χ3v) is 6.96. The van der Waals surface area contributed by atoms with E-state index in [0.717, 1.165) is 11.3 Å². The molecule has 2 atom stereocenters. The minimum absolute atomic E-state index is 0.0571. The molecule has 1 saturated heterocycles. The maximum atomic E-state index is 12.9. The van der Waals surface area contributed by atoms with Gasteiger partial charge in [-0.3, -0.25) is 14.5 Å². The molecule has 174 valence electrons. The molecule has 2 aromatic heterocycles. The summed E-state index contributed by atoms with van der Waals surface area (Å²) in [5, 5.41) is 17.4. The zero-order chi connectivity index (χ0) is 24.2. The van der Waals surface area contributed by atoms with E-state index in [1.807, 2.05) is 35.2 Å². The number of thiazole rings is 1. The fraction of sp³-hybridized carbons (Fsp3) is 0.238. The largest absolute Gasteiger partial charge is 0.477 e. The Kier molecular flexibility index (Phi) is 6.80. The summed E-state index contributed by atoms with van der Waals surface area (Å²) in [6, 6.07) is 4.60. The zero-order valence-electron chi connectivity index (χ0n) is 17.8. The minimum atomic E-state index is -1.19. The lowest BCUT2D eigenvalue weighted by molar-refractivity contribution is -0.689. The van der Waals surface area contributed by atoms with Crippen molar-refractivity contribution in [1.29, 1.82) is 0 Å². The SMILES string of the molecule is CC#CO/N=C(\C(=O)NC1C(=O)N2C(C(=O)O)=C(C[n+]3ccccc3)CS[C@@H]12)c1csc(N)n1. The third kappa shape index (κ3) is 4.59. The van der Waals surface area contributed by atoms with Gasteiger partial charge in [0.05, 0.1) is 0 Å². The van der Waals surface area contributed by atoms with Gasteiger partial charge in [-0.2, -0.15) is 0 Å². The molecule has 4 rings (SSSR count). The van der Waals surface area contributed by atoms with Crippen molar-refractivity contribution in [3.63, 3.8) is 0 Å². The van der Waals surface area contributed by atoms with Crippen LogP contribution < -0.4 is 15.6 Å². The van der Waals surface area contributed by atoms with Crippen LogP contribution in [0.15, 0.2) is 52.4 Å². The van der Waals surface area contributed by atoms with Crippen molar-refractivity contribution in [3.8, 4) is 12.0 Å². The number of carbonyl (C=O) groups is 3. The Labute approximate surface area is 202 Å². The molecular formula is C21H19N6O5S2+. The molecular weight excluding hydrogens is 480 g/mol. The summed E-state index contributed by atoms with van der Waals surface area (Å²) in [7, 11) is 0. The third-order valence-electron chi connectivity index (χ3n) is 4.95. The standard InChI is InChI=1S/C21H18N6O5S2/c1-2-8-32-25-14(13-11-34-21(22)23-13)17(28)24-15-18(29)27-16(20(30)31)12(10-33-19(15)27)9-26-6-4-3-5-7-26/h3-7,11,15,19H,9-10H2,1H3,(H3-,22,23,24,28,30,31)/p+1/b25-14-/t15?,19-/m0/s1. The highest BCUT2D eigenvalue weighted by Crippen LogP contribution is 2.40. The van der Waals surface area contributed by atoms with Gasteiger partial charge >= 0.3 is 5.97 Å². The smallest absolute Gasteiger partial charge is 0.352 e. The van der Waals surface area contributed by atoms with Gasteiger partial charge in [-0.1, -0.05) is 17.1 Å². The second-order valence-corrected chi connectivity index (χ2v) is 9.11. The van der Waals surface area contributed by atoms with Gasteiger partial charge in [0.1, 0.15) is 28.9 Å². The number of nitrogens with one attached hydrogen (secondary N) is 1. The number of carboxylic acids is 1. The lowest BCUT2D eigenvalue weighted by Crippen LogP contribution is -2.71. The summed E-state index contributed by atoms with van der Waals surface area (Å²) in [5.41, 5.74) is 6.18. The van der Waals surface area contributed by atoms with Gasteiger partial charge in [-0.05, 0) is 0 Å². The van der Waals surface area contributed by atoms with Crippen LogP contribution in [0.25, 0.3) is 0 Å². The van der Waals surface area contributed by atoms with Gasteiger partial charge in [-0.15, -0.1) is 23.1 Å². The summed E-state index contributed by atoms with van der Waals surface area (Å²) >= 11 is 2.49. The van der Waals surface area contributed by atoms with Crippen molar-refractivity contribution in [1.82, 2.24) is 15.2 Å². The lowest BCUT2D eigenvalue weighted by atomic mass is 10.0. The molecule has 13 heteroatoms. The molecule has 1 unspecified atom stereocenters. The average molecular weight is 500 g/mol. The molecule has 4 heterocycles. The maximum Gasteiger partial charge on any atom is 0.352 e. The molecule has 4 N–H and O–H groups in total. The van der Waals surface area contributed by atoms with Crippen molar-refractivity contribution >= 4 is 51.7 Å². The van der Waals surface area contributed by atoms with E-state index >= 15 is 0 Å². The number of carbonyl (C=O) groups excluding carboxylic acids is 2. The van der Waals surface area contributed by atoms with Crippen LogP contribution in [0.3, 0.4) is 0 Å². The second-order valence-electron chi connectivity index (χ2n) is 7.12. The van der Waals surface area contributed by atoms with Crippen LogP contribution in [0.1, 0.15) is 12.6 Å². The molecule has 2 amide bonds. The number of aromatic nitrogens is 2. The van der Waals surface area contributed by atoms with E-state index in [2.05, 4.69) is 27.5 Å². The number of nitrogens with two attached hydrogens (primary N) is 1.